The molecule has 0 spiro atoms. The summed E-state index contributed by atoms with van der Waals surface area (Å²) in [6.07, 6.45) is -1.92. The molecule has 4 atom stereocenters. The summed E-state index contributed by atoms with van der Waals surface area (Å²) in [6.45, 7) is -0.331. The van der Waals surface area contributed by atoms with E-state index in [0.29, 0.717) is 0 Å². The SMILES string of the molecule is B[C@@H]1O[C@H](CO)C(O)C1OCON. The van der Waals surface area contributed by atoms with Crippen LogP contribution in [0.4, 0.5) is 0 Å². The average Bonchev–Trinajstić information content (AvgIpc) is 2.39. The fourth-order valence-electron chi connectivity index (χ4n) is 1.43. The largest absolute Gasteiger partial charge is 0.394 e. The Labute approximate surface area is 76.9 Å². The van der Waals surface area contributed by atoms with Crippen molar-refractivity contribution in [1.82, 2.24) is 0 Å². The van der Waals surface area contributed by atoms with E-state index >= 15 is 0 Å². The van der Waals surface area contributed by atoms with E-state index in [1.165, 1.54) is 0 Å². The maximum atomic E-state index is 9.54. The van der Waals surface area contributed by atoms with Gasteiger partial charge in [0, 0.05) is 0 Å². The molecule has 1 saturated heterocycles. The van der Waals surface area contributed by atoms with Gasteiger partial charge in [-0.2, -0.15) is 0 Å². The number of aliphatic hydroxyl groups is 2. The molecular formula is C6H14BNO5. The summed E-state index contributed by atoms with van der Waals surface area (Å²) >= 11 is 0. The first kappa shape index (κ1) is 10.9. The lowest BCUT2D eigenvalue weighted by Gasteiger charge is -2.17. The van der Waals surface area contributed by atoms with Crippen molar-refractivity contribution in [1.29, 1.82) is 0 Å². The van der Waals surface area contributed by atoms with E-state index < -0.39 is 18.3 Å². The Kier molecular flexibility index (Phi) is 4.11. The zero-order valence-electron chi connectivity index (χ0n) is 7.42. The van der Waals surface area contributed by atoms with Gasteiger partial charge in [-0.15, -0.1) is 0 Å². The molecule has 0 aromatic heterocycles. The van der Waals surface area contributed by atoms with Gasteiger partial charge in [0.15, 0.2) is 6.79 Å². The lowest BCUT2D eigenvalue weighted by molar-refractivity contribution is -0.119. The van der Waals surface area contributed by atoms with Crippen molar-refractivity contribution in [2.24, 2.45) is 5.90 Å². The van der Waals surface area contributed by atoms with Gasteiger partial charge in [-0.05, 0) is 0 Å². The third-order valence-corrected chi connectivity index (χ3v) is 2.08. The molecule has 0 bridgehead atoms. The first-order chi connectivity index (χ1) is 6.20. The van der Waals surface area contributed by atoms with Gasteiger partial charge in [0.1, 0.15) is 26.2 Å². The van der Waals surface area contributed by atoms with Crippen molar-refractivity contribution >= 4 is 7.85 Å². The number of aliphatic hydroxyl groups excluding tert-OH is 2. The summed E-state index contributed by atoms with van der Waals surface area (Å²) in [6, 6.07) is -0.276. The molecular weight excluding hydrogens is 177 g/mol. The van der Waals surface area contributed by atoms with E-state index in [9.17, 15) is 5.11 Å². The molecule has 7 heteroatoms. The molecule has 1 rings (SSSR count). The van der Waals surface area contributed by atoms with E-state index in [1.807, 2.05) is 0 Å². The number of hydrogen-bond donors (Lipinski definition) is 3. The van der Waals surface area contributed by atoms with Crippen LogP contribution in [-0.4, -0.2) is 55.8 Å². The van der Waals surface area contributed by atoms with Crippen LogP contribution in [0.3, 0.4) is 0 Å². The number of hydrogen-bond acceptors (Lipinski definition) is 6. The molecule has 0 aliphatic carbocycles. The van der Waals surface area contributed by atoms with Gasteiger partial charge in [0.05, 0.1) is 12.6 Å². The van der Waals surface area contributed by atoms with Crippen LogP contribution >= 0.6 is 0 Å². The maximum absolute atomic E-state index is 9.54. The van der Waals surface area contributed by atoms with Gasteiger partial charge in [0.25, 0.3) is 0 Å². The molecule has 0 saturated carbocycles. The molecule has 13 heavy (non-hydrogen) atoms. The smallest absolute Gasteiger partial charge is 0.167 e. The van der Waals surface area contributed by atoms with Crippen LogP contribution in [0.1, 0.15) is 0 Å². The second-order valence-corrected chi connectivity index (χ2v) is 2.97. The summed E-state index contributed by atoms with van der Waals surface area (Å²) in [5, 5.41) is 18.3. The minimum absolute atomic E-state index is 0.104. The molecule has 0 amide bonds. The Morgan fingerprint density at radius 2 is 2.23 bits per heavy atom. The third kappa shape index (κ3) is 2.40. The maximum Gasteiger partial charge on any atom is 0.167 e. The predicted molar refractivity (Wildman–Crippen MR) is 45.3 cm³/mol. The van der Waals surface area contributed by atoms with Gasteiger partial charge in [-0.25, -0.2) is 5.90 Å². The number of nitrogens with two attached hydrogens (primary N) is 1. The zero-order chi connectivity index (χ0) is 9.84. The molecule has 1 heterocycles. The molecule has 0 aromatic carbocycles. The van der Waals surface area contributed by atoms with Crippen LogP contribution in [-0.2, 0) is 14.3 Å². The van der Waals surface area contributed by atoms with Crippen LogP contribution in [0.15, 0.2) is 0 Å². The molecule has 1 fully saturated rings. The van der Waals surface area contributed by atoms with Gasteiger partial charge in [0.2, 0.25) is 0 Å². The minimum atomic E-state index is -0.838. The van der Waals surface area contributed by atoms with E-state index in [-0.39, 0.29) is 19.4 Å². The Morgan fingerprint density at radius 3 is 2.69 bits per heavy atom. The fourth-order valence-corrected chi connectivity index (χ4v) is 1.43. The van der Waals surface area contributed by atoms with Crippen molar-refractivity contribution in [2.45, 2.75) is 24.3 Å². The normalized spacial score (nSPS) is 39.6. The van der Waals surface area contributed by atoms with Crippen LogP contribution in [0.2, 0.25) is 0 Å². The average molecular weight is 191 g/mol. The summed E-state index contributed by atoms with van der Waals surface area (Å²) in [7, 11) is 1.75. The van der Waals surface area contributed by atoms with Crippen molar-refractivity contribution in [3.8, 4) is 0 Å². The standard InChI is InChI=1S/C6H14BNO5/c7-6-5(11-2-12-8)4(10)3(1-9)13-6/h3-6,9-10H,1-2,7-8H2/t3-,4?,5?,6-/m1/s1. The Morgan fingerprint density at radius 1 is 1.54 bits per heavy atom. The first-order valence-corrected chi connectivity index (χ1v) is 4.08. The van der Waals surface area contributed by atoms with Crippen LogP contribution in [0.25, 0.3) is 0 Å². The van der Waals surface area contributed by atoms with E-state index in [2.05, 4.69) is 4.84 Å². The highest BCUT2D eigenvalue weighted by molar-refractivity contribution is 6.11. The quantitative estimate of drug-likeness (QED) is 0.248. The second kappa shape index (κ2) is 4.89. The molecule has 0 aromatic rings. The molecule has 1 aliphatic rings. The summed E-state index contributed by atoms with van der Waals surface area (Å²) < 4.78 is 10.3. The number of rotatable bonds is 4. The van der Waals surface area contributed by atoms with E-state index in [1.54, 1.807) is 7.85 Å². The highest BCUT2D eigenvalue weighted by Gasteiger charge is 2.41. The van der Waals surface area contributed by atoms with Gasteiger partial charge in [-0.3, -0.25) is 4.84 Å². The molecule has 2 unspecified atom stereocenters. The minimum Gasteiger partial charge on any atom is -0.394 e. The van der Waals surface area contributed by atoms with Crippen LogP contribution in [0.5, 0.6) is 0 Å². The van der Waals surface area contributed by atoms with Crippen molar-refractivity contribution in [3.63, 3.8) is 0 Å². The van der Waals surface area contributed by atoms with Gasteiger partial charge < -0.3 is 19.7 Å². The highest BCUT2D eigenvalue weighted by atomic mass is 16.7. The fraction of sp³-hybridized carbons (Fsp3) is 1.00. The number of ether oxygens (including phenoxy) is 2. The second-order valence-electron chi connectivity index (χ2n) is 2.97. The molecule has 0 radical (unpaired) electrons. The zero-order valence-corrected chi connectivity index (χ0v) is 7.42. The molecule has 76 valence electrons. The van der Waals surface area contributed by atoms with Crippen molar-refractivity contribution in [3.05, 3.63) is 0 Å². The molecule has 1 aliphatic heterocycles. The molecule has 4 N–H and O–H groups in total. The monoisotopic (exact) mass is 191 g/mol. The molecule has 6 nitrogen and oxygen atoms in total. The lowest BCUT2D eigenvalue weighted by Crippen LogP contribution is -2.37. The summed E-state index contributed by atoms with van der Waals surface area (Å²) in [4.78, 5) is 4.22. The van der Waals surface area contributed by atoms with Gasteiger partial charge in [-0.1, -0.05) is 0 Å². The van der Waals surface area contributed by atoms with E-state index in [4.69, 9.17) is 20.5 Å². The van der Waals surface area contributed by atoms with Crippen LogP contribution in [0, 0.1) is 0 Å². The van der Waals surface area contributed by atoms with Crippen molar-refractivity contribution in [2.75, 3.05) is 13.4 Å². The Balaban J connectivity index is 2.44. The van der Waals surface area contributed by atoms with Crippen molar-refractivity contribution < 1.29 is 24.5 Å². The highest BCUT2D eigenvalue weighted by Crippen LogP contribution is 2.21. The topological polar surface area (TPSA) is 94.2 Å². The summed E-state index contributed by atoms with van der Waals surface area (Å²) in [5.74, 6) is 4.77. The van der Waals surface area contributed by atoms with E-state index in [0.717, 1.165) is 0 Å². The Hall–Kier alpha value is -0.175. The first-order valence-electron chi connectivity index (χ1n) is 4.08. The van der Waals surface area contributed by atoms with Gasteiger partial charge >= 0.3 is 0 Å². The summed E-state index contributed by atoms with van der Waals surface area (Å²) in [5.41, 5.74) is 0. The third-order valence-electron chi connectivity index (χ3n) is 2.08. The van der Waals surface area contributed by atoms with Crippen LogP contribution < -0.4 is 5.90 Å². The predicted octanol–water partition coefficient (Wildman–Crippen LogP) is -3.07. The Bertz CT molecular complexity index is 160. The lowest BCUT2D eigenvalue weighted by atomic mass is 9.93.